The van der Waals surface area contributed by atoms with Gasteiger partial charge in [-0.1, -0.05) is 30.3 Å². The van der Waals surface area contributed by atoms with Gasteiger partial charge < -0.3 is 9.63 Å². The fraction of sp³-hybridized carbons (Fsp3) is 0.267. The van der Waals surface area contributed by atoms with Gasteiger partial charge in [0.1, 0.15) is 5.69 Å². The second kappa shape index (κ2) is 5.91. The van der Waals surface area contributed by atoms with Gasteiger partial charge in [-0.05, 0) is 34.5 Å². The van der Waals surface area contributed by atoms with Crippen LogP contribution in [0.25, 0.3) is 22.4 Å². The minimum Gasteiger partial charge on any atom is -0.393 e. The van der Waals surface area contributed by atoms with Gasteiger partial charge in [0.2, 0.25) is 11.7 Å². The van der Waals surface area contributed by atoms with Gasteiger partial charge in [-0.2, -0.15) is 4.98 Å². The summed E-state index contributed by atoms with van der Waals surface area (Å²) in [5, 5.41) is 14.6. The molecule has 3 aromatic rings. The molecule has 0 spiro atoms. The van der Waals surface area contributed by atoms with E-state index in [4.69, 9.17) is 4.52 Å². The normalized spacial score (nSPS) is 12.7. The van der Waals surface area contributed by atoms with Crippen LogP contribution in [0.15, 0.2) is 39.3 Å². The summed E-state index contributed by atoms with van der Waals surface area (Å²) in [6, 6.07) is 9.82. The lowest BCUT2D eigenvalue weighted by Gasteiger charge is -2.02. The van der Waals surface area contributed by atoms with E-state index in [9.17, 15) is 5.11 Å². The molecule has 108 valence electrons. The van der Waals surface area contributed by atoms with Crippen LogP contribution < -0.4 is 0 Å². The first-order valence-corrected chi connectivity index (χ1v) is 7.53. The first kappa shape index (κ1) is 14.2. The average Bonchev–Trinajstić information content (AvgIpc) is 2.94. The number of benzene rings is 1. The van der Waals surface area contributed by atoms with Crippen molar-refractivity contribution in [3.8, 4) is 11.5 Å². The number of pyridine rings is 1. The fourth-order valence-electron chi connectivity index (χ4n) is 2.03. The van der Waals surface area contributed by atoms with Crippen molar-refractivity contribution in [2.24, 2.45) is 0 Å². The lowest BCUT2D eigenvalue weighted by atomic mass is 10.2. The molecule has 0 saturated heterocycles. The van der Waals surface area contributed by atoms with Crippen molar-refractivity contribution >= 4 is 26.8 Å². The number of halogens is 1. The molecule has 0 aliphatic heterocycles. The molecule has 2 heterocycles. The molecule has 1 aromatic carbocycles. The Kier molecular flexibility index (Phi) is 3.98. The molecule has 0 fully saturated rings. The van der Waals surface area contributed by atoms with E-state index < -0.39 is 6.10 Å². The highest BCUT2D eigenvalue weighted by Gasteiger charge is 2.16. The summed E-state index contributed by atoms with van der Waals surface area (Å²) in [6.45, 7) is 1.91. The fourth-order valence-corrected chi connectivity index (χ4v) is 2.54. The molecule has 2 aromatic heterocycles. The predicted octanol–water partition coefficient (Wildman–Crippen LogP) is 3.36. The average molecular weight is 348 g/mol. The van der Waals surface area contributed by atoms with E-state index in [1.165, 1.54) is 0 Å². The number of rotatable bonds is 4. The molecule has 0 saturated carbocycles. The lowest BCUT2D eigenvalue weighted by molar-refractivity contribution is 0.158. The highest BCUT2D eigenvalue weighted by Crippen LogP contribution is 2.28. The number of para-hydroxylation sites is 1. The molecule has 1 atom stereocenters. The van der Waals surface area contributed by atoms with Gasteiger partial charge in [-0.3, -0.25) is 0 Å². The second-order valence-corrected chi connectivity index (χ2v) is 5.64. The monoisotopic (exact) mass is 347 g/mol. The van der Waals surface area contributed by atoms with Crippen molar-refractivity contribution in [3.63, 3.8) is 0 Å². The SMILES string of the molecule is CCC(O)Cc1nc(-c2nc3ccccc3cc2Br)no1. The summed E-state index contributed by atoms with van der Waals surface area (Å²) in [7, 11) is 0. The number of aliphatic hydroxyl groups is 1. The maximum Gasteiger partial charge on any atom is 0.229 e. The van der Waals surface area contributed by atoms with E-state index >= 15 is 0 Å². The molecule has 3 rings (SSSR count). The van der Waals surface area contributed by atoms with Gasteiger partial charge in [0.05, 0.1) is 18.0 Å². The first-order chi connectivity index (χ1) is 10.2. The van der Waals surface area contributed by atoms with E-state index in [-0.39, 0.29) is 0 Å². The number of nitrogens with zero attached hydrogens (tertiary/aromatic N) is 3. The Bertz CT molecular complexity index is 772. The van der Waals surface area contributed by atoms with Crippen LogP contribution in [0.2, 0.25) is 0 Å². The molecule has 5 nitrogen and oxygen atoms in total. The molecule has 0 aliphatic carbocycles. The Morgan fingerprint density at radius 1 is 1.29 bits per heavy atom. The molecule has 1 N–H and O–H groups in total. The summed E-state index contributed by atoms with van der Waals surface area (Å²) in [5.74, 6) is 0.840. The van der Waals surface area contributed by atoms with E-state index in [0.29, 0.717) is 30.3 Å². The van der Waals surface area contributed by atoms with Gasteiger partial charge in [-0.15, -0.1) is 0 Å². The Balaban J connectivity index is 1.98. The third-order valence-corrected chi connectivity index (χ3v) is 3.84. The maximum atomic E-state index is 9.63. The molecular formula is C15H14BrN3O2. The zero-order valence-corrected chi connectivity index (χ0v) is 13.0. The third kappa shape index (κ3) is 2.96. The van der Waals surface area contributed by atoms with E-state index in [2.05, 4.69) is 31.1 Å². The summed E-state index contributed by atoms with van der Waals surface area (Å²) in [4.78, 5) is 8.87. The summed E-state index contributed by atoms with van der Waals surface area (Å²) in [5.41, 5.74) is 1.50. The Hall–Kier alpha value is -1.79. The van der Waals surface area contributed by atoms with Crippen LogP contribution in [0.5, 0.6) is 0 Å². The van der Waals surface area contributed by atoms with Gasteiger partial charge in [-0.25, -0.2) is 4.98 Å². The minimum absolute atomic E-state index is 0.356. The number of fused-ring (bicyclic) bond motifs is 1. The zero-order valence-electron chi connectivity index (χ0n) is 11.5. The summed E-state index contributed by atoms with van der Waals surface area (Å²) < 4.78 is 5.99. The largest absolute Gasteiger partial charge is 0.393 e. The summed E-state index contributed by atoms with van der Waals surface area (Å²) in [6.07, 6.45) is 0.538. The smallest absolute Gasteiger partial charge is 0.229 e. The third-order valence-electron chi connectivity index (χ3n) is 3.24. The number of aromatic nitrogens is 3. The molecule has 1 unspecified atom stereocenters. The minimum atomic E-state index is -0.466. The number of aliphatic hydroxyl groups excluding tert-OH is 1. The van der Waals surface area contributed by atoms with Crippen molar-refractivity contribution in [2.45, 2.75) is 25.9 Å². The van der Waals surface area contributed by atoms with Crippen LogP contribution in [-0.2, 0) is 6.42 Å². The number of hydrogen-bond donors (Lipinski definition) is 1. The van der Waals surface area contributed by atoms with Crippen LogP contribution in [0.4, 0.5) is 0 Å². The Morgan fingerprint density at radius 2 is 2.10 bits per heavy atom. The van der Waals surface area contributed by atoms with Crippen molar-refractivity contribution in [2.75, 3.05) is 0 Å². The maximum absolute atomic E-state index is 9.63. The second-order valence-electron chi connectivity index (χ2n) is 4.79. The highest BCUT2D eigenvalue weighted by molar-refractivity contribution is 9.10. The molecule has 0 bridgehead atoms. The Labute approximate surface area is 130 Å². The molecule has 6 heteroatoms. The van der Waals surface area contributed by atoms with Gasteiger partial charge in [0.25, 0.3) is 0 Å². The molecule has 0 aliphatic rings. The van der Waals surface area contributed by atoms with Gasteiger partial charge >= 0.3 is 0 Å². The lowest BCUT2D eigenvalue weighted by Crippen LogP contribution is -2.08. The molecule has 21 heavy (non-hydrogen) atoms. The van der Waals surface area contributed by atoms with Crippen LogP contribution in [-0.4, -0.2) is 26.3 Å². The predicted molar refractivity (Wildman–Crippen MR) is 82.7 cm³/mol. The van der Waals surface area contributed by atoms with Gasteiger partial charge in [0.15, 0.2) is 0 Å². The van der Waals surface area contributed by atoms with E-state index in [0.717, 1.165) is 15.4 Å². The molecule has 0 radical (unpaired) electrons. The Morgan fingerprint density at radius 3 is 2.90 bits per heavy atom. The summed E-state index contributed by atoms with van der Waals surface area (Å²) >= 11 is 3.49. The first-order valence-electron chi connectivity index (χ1n) is 6.73. The van der Waals surface area contributed by atoms with Gasteiger partial charge in [0, 0.05) is 9.86 Å². The van der Waals surface area contributed by atoms with Crippen molar-refractivity contribution < 1.29 is 9.63 Å². The standard InChI is InChI=1S/C15H14BrN3O2/c1-2-10(20)8-13-18-15(19-21-13)14-11(16)7-9-5-3-4-6-12(9)17-14/h3-7,10,20H,2,8H2,1H3. The van der Waals surface area contributed by atoms with Crippen molar-refractivity contribution in [1.82, 2.24) is 15.1 Å². The highest BCUT2D eigenvalue weighted by atomic mass is 79.9. The van der Waals surface area contributed by atoms with Crippen molar-refractivity contribution in [1.29, 1.82) is 0 Å². The van der Waals surface area contributed by atoms with E-state index in [1.807, 2.05) is 37.3 Å². The number of hydrogen-bond acceptors (Lipinski definition) is 5. The quantitative estimate of drug-likeness (QED) is 0.783. The van der Waals surface area contributed by atoms with Crippen LogP contribution in [0.1, 0.15) is 19.2 Å². The molecular weight excluding hydrogens is 334 g/mol. The molecule has 0 amide bonds. The van der Waals surface area contributed by atoms with Crippen LogP contribution >= 0.6 is 15.9 Å². The van der Waals surface area contributed by atoms with Crippen molar-refractivity contribution in [3.05, 3.63) is 40.7 Å². The topological polar surface area (TPSA) is 72.0 Å². The zero-order chi connectivity index (χ0) is 14.8. The van der Waals surface area contributed by atoms with E-state index in [1.54, 1.807) is 0 Å². The van der Waals surface area contributed by atoms with Crippen LogP contribution in [0, 0.1) is 0 Å². The van der Waals surface area contributed by atoms with Crippen LogP contribution in [0.3, 0.4) is 0 Å².